The van der Waals surface area contributed by atoms with E-state index >= 15 is 0 Å². The highest BCUT2D eigenvalue weighted by molar-refractivity contribution is 7.91. The molecule has 2 N–H and O–H groups in total. The van der Waals surface area contributed by atoms with Gasteiger partial charge in [0.25, 0.3) is 0 Å². The van der Waals surface area contributed by atoms with Gasteiger partial charge in [0.2, 0.25) is 5.91 Å². The van der Waals surface area contributed by atoms with E-state index in [1.165, 1.54) is 0 Å². The maximum absolute atomic E-state index is 11.3. The molecule has 0 rings (SSSR count). The van der Waals surface area contributed by atoms with Crippen LogP contribution in [0.4, 0.5) is 0 Å². The summed E-state index contributed by atoms with van der Waals surface area (Å²) in [6, 6.07) is 0. The first kappa shape index (κ1) is 15.9. The van der Waals surface area contributed by atoms with E-state index in [-0.39, 0.29) is 42.7 Å². The van der Waals surface area contributed by atoms with Crippen LogP contribution in [0.5, 0.6) is 0 Å². The van der Waals surface area contributed by atoms with Gasteiger partial charge in [0.05, 0.1) is 5.75 Å². The molecule has 0 aromatic heterocycles. The van der Waals surface area contributed by atoms with E-state index in [1.807, 2.05) is 0 Å². The number of carbonyl (C=O) groups excluding carboxylic acids is 1. The highest BCUT2D eigenvalue weighted by Gasteiger charge is 2.13. The van der Waals surface area contributed by atoms with Crippen molar-refractivity contribution in [2.45, 2.75) is 26.7 Å². The molecular weight excluding hydrogens is 246 g/mol. The van der Waals surface area contributed by atoms with Crippen molar-refractivity contribution >= 4 is 21.7 Å². The second-order valence-electron chi connectivity index (χ2n) is 3.99. The van der Waals surface area contributed by atoms with Crippen LogP contribution in [0.2, 0.25) is 0 Å². The molecule has 0 aliphatic rings. The van der Waals surface area contributed by atoms with Gasteiger partial charge in [0.1, 0.15) is 0 Å². The topological polar surface area (TPSA) is 101 Å². The number of hydrogen-bond donors (Lipinski definition) is 2. The normalized spacial score (nSPS) is 13.1. The maximum Gasteiger partial charge on any atom is 0.303 e. The molecule has 6 nitrogen and oxygen atoms in total. The summed E-state index contributed by atoms with van der Waals surface area (Å²) in [5, 5.41) is 11.0. The van der Waals surface area contributed by atoms with E-state index in [2.05, 4.69) is 5.32 Å². The molecule has 0 aromatic rings. The molecule has 0 aliphatic heterocycles. The lowest BCUT2D eigenvalue weighted by atomic mass is 10.0. The Morgan fingerprint density at radius 3 is 2.35 bits per heavy atom. The minimum absolute atomic E-state index is 0.0539. The van der Waals surface area contributed by atoms with Crippen molar-refractivity contribution in [2.24, 2.45) is 5.92 Å². The van der Waals surface area contributed by atoms with Crippen LogP contribution in [0, 0.1) is 5.92 Å². The van der Waals surface area contributed by atoms with Crippen LogP contribution in [0.3, 0.4) is 0 Å². The Bertz CT molecular complexity index is 363. The molecule has 0 bridgehead atoms. The number of sulfone groups is 1. The molecule has 0 spiro atoms. The highest BCUT2D eigenvalue weighted by atomic mass is 32.2. The SMILES string of the molecule is CCS(=O)(=O)CCNC(=O)CC(C)CC(=O)O. The Morgan fingerprint density at radius 1 is 1.29 bits per heavy atom. The van der Waals surface area contributed by atoms with Gasteiger partial charge < -0.3 is 10.4 Å². The van der Waals surface area contributed by atoms with Gasteiger partial charge in [-0.25, -0.2) is 8.42 Å². The van der Waals surface area contributed by atoms with Gasteiger partial charge in [-0.1, -0.05) is 13.8 Å². The minimum Gasteiger partial charge on any atom is -0.481 e. The van der Waals surface area contributed by atoms with Crippen LogP contribution in [-0.2, 0) is 19.4 Å². The van der Waals surface area contributed by atoms with Gasteiger partial charge in [0, 0.05) is 25.1 Å². The first-order valence-electron chi connectivity index (χ1n) is 5.45. The monoisotopic (exact) mass is 265 g/mol. The standard InChI is InChI=1S/C10H19NO5S/c1-3-17(15,16)5-4-11-9(12)6-8(2)7-10(13)14/h8H,3-7H2,1-2H3,(H,11,12)(H,13,14). The first-order chi connectivity index (χ1) is 7.76. The molecule has 100 valence electrons. The number of nitrogens with one attached hydrogen (secondary N) is 1. The highest BCUT2D eigenvalue weighted by Crippen LogP contribution is 2.06. The number of rotatable bonds is 8. The van der Waals surface area contributed by atoms with Crippen LogP contribution in [0.15, 0.2) is 0 Å². The zero-order valence-electron chi connectivity index (χ0n) is 10.1. The number of carboxylic acids is 1. The second kappa shape index (κ2) is 7.26. The molecule has 1 atom stereocenters. The molecule has 0 aromatic carbocycles. The van der Waals surface area contributed by atoms with E-state index < -0.39 is 15.8 Å². The van der Waals surface area contributed by atoms with Gasteiger partial charge in [-0.2, -0.15) is 0 Å². The third-order valence-electron chi connectivity index (χ3n) is 2.23. The zero-order chi connectivity index (χ0) is 13.5. The zero-order valence-corrected chi connectivity index (χ0v) is 10.9. The largest absolute Gasteiger partial charge is 0.481 e. The summed E-state index contributed by atoms with van der Waals surface area (Å²) in [5.41, 5.74) is 0. The average molecular weight is 265 g/mol. The van der Waals surface area contributed by atoms with E-state index in [4.69, 9.17) is 5.11 Å². The summed E-state index contributed by atoms with van der Waals surface area (Å²) in [6.07, 6.45) is 0.0269. The van der Waals surface area contributed by atoms with Crippen LogP contribution < -0.4 is 5.32 Å². The van der Waals surface area contributed by atoms with Crippen molar-refractivity contribution in [1.82, 2.24) is 5.32 Å². The fourth-order valence-corrected chi connectivity index (χ4v) is 1.95. The molecule has 0 saturated carbocycles. The fourth-order valence-electron chi connectivity index (χ4n) is 1.25. The quantitative estimate of drug-likeness (QED) is 0.645. The lowest BCUT2D eigenvalue weighted by Crippen LogP contribution is -2.30. The molecular formula is C10H19NO5S. The Hall–Kier alpha value is -1.11. The van der Waals surface area contributed by atoms with E-state index in [9.17, 15) is 18.0 Å². The van der Waals surface area contributed by atoms with Crippen molar-refractivity contribution in [3.05, 3.63) is 0 Å². The predicted molar refractivity (Wildman–Crippen MR) is 63.4 cm³/mol. The van der Waals surface area contributed by atoms with Gasteiger partial charge in [-0.15, -0.1) is 0 Å². The summed E-state index contributed by atoms with van der Waals surface area (Å²) < 4.78 is 22.2. The van der Waals surface area contributed by atoms with Gasteiger partial charge >= 0.3 is 5.97 Å². The molecule has 0 saturated heterocycles. The van der Waals surface area contributed by atoms with E-state index in [0.717, 1.165) is 0 Å². The average Bonchev–Trinajstić information content (AvgIpc) is 2.15. The van der Waals surface area contributed by atoms with Gasteiger partial charge in [-0.05, 0) is 5.92 Å². The Labute approximate surface area is 101 Å². The van der Waals surface area contributed by atoms with E-state index in [0.29, 0.717) is 0 Å². The Kier molecular flexibility index (Phi) is 6.79. The number of carboxylic acid groups (broad SMARTS) is 1. The third-order valence-corrected chi connectivity index (χ3v) is 3.94. The van der Waals surface area contributed by atoms with Gasteiger partial charge in [-0.3, -0.25) is 9.59 Å². The van der Waals surface area contributed by atoms with Gasteiger partial charge in [0.15, 0.2) is 9.84 Å². The molecule has 1 unspecified atom stereocenters. The van der Waals surface area contributed by atoms with Crippen LogP contribution in [0.1, 0.15) is 26.7 Å². The lowest BCUT2D eigenvalue weighted by molar-refractivity contribution is -0.138. The van der Waals surface area contributed by atoms with Crippen molar-refractivity contribution in [3.63, 3.8) is 0 Å². The Balaban J connectivity index is 3.85. The van der Waals surface area contributed by atoms with Crippen LogP contribution in [0.25, 0.3) is 0 Å². The summed E-state index contributed by atoms with van der Waals surface area (Å²) in [6.45, 7) is 3.29. The molecule has 7 heteroatoms. The van der Waals surface area contributed by atoms with Crippen molar-refractivity contribution in [3.8, 4) is 0 Å². The summed E-state index contributed by atoms with van der Waals surface area (Å²) in [7, 11) is -3.07. The summed E-state index contributed by atoms with van der Waals surface area (Å²) >= 11 is 0. The van der Waals surface area contributed by atoms with Crippen LogP contribution >= 0.6 is 0 Å². The number of hydrogen-bond acceptors (Lipinski definition) is 4. The van der Waals surface area contributed by atoms with Crippen LogP contribution in [-0.4, -0.2) is 43.5 Å². The minimum atomic E-state index is -3.07. The first-order valence-corrected chi connectivity index (χ1v) is 7.28. The Morgan fingerprint density at radius 2 is 1.88 bits per heavy atom. The number of aliphatic carboxylic acids is 1. The summed E-state index contributed by atoms with van der Waals surface area (Å²) in [4.78, 5) is 21.7. The summed E-state index contributed by atoms with van der Waals surface area (Å²) in [5.74, 6) is -1.54. The fraction of sp³-hybridized carbons (Fsp3) is 0.800. The molecule has 0 fully saturated rings. The van der Waals surface area contributed by atoms with Crippen molar-refractivity contribution in [2.75, 3.05) is 18.1 Å². The molecule has 1 amide bonds. The number of carbonyl (C=O) groups is 2. The third kappa shape index (κ3) is 8.67. The second-order valence-corrected chi connectivity index (χ2v) is 6.47. The van der Waals surface area contributed by atoms with Crippen molar-refractivity contribution in [1.29, 1.82) is 0 Å². The van der Waals surface area contributed by atoms with Crippen molar-refractivity contribution < 1.29 is 23.1 Å². The number of amides is 1. The lowest BCUT2D eigenvalue weighted by Gasteiger charge is -2.09. The molecule has 0 radical (unpaired) electrons. The maximum atomic E-state index is 11.3. The van der Waals surface area contributed by atoms with E-state index in [1.54, 1.807) is 13.8 Å². The smallest absolute Gasteiger partial charge is 0.303 e. The predicted octanol–water partition coefficient (Wildman–Crippen LogP) is 0.0382. The molecule has 17 heavy (non-hydrogen) atoms. The molecule has 0 heterocycles. The molecule has 0 aliphatic carbocycles.